The van der Waals surface area contributed by atoms with E-state index >= 15 is 0 Å². The Morgan fingerprint density at radius 2 is 2.16 bits per heavy atom. The Morgan fingerprint density at radius 3 is 2.95 bits per heavy atom. The third kappa shape index (κ3) is 2.96. The lowest BCUT2D eigenvalue weighted by molar-refractivity contribution is 0.296. The molecule has 0 aliphatic carbocycles. The van der Waals surface area contributed by atoms with Gasteiger partial charge in [0.15, 0.2) is 11.5 Å². The van der Waals surface area contributed by atoms with Crippen molar-refractivity contribution in [3.05, 3.63) is 22.7 Å². The Kier molecular flexibility index (Phi) is 3.82. The van der Waals surface area contributed by atoms with Crippen molar-refractivity contribution in [2.45, 2.75) is 25.4 Å². The van der Waals surface area contributed by atoms with E-state index in [1.165, 1.54) is 0 Å². The van der Waals surface area contributed by atoms with E-state index in [1.807, 2.05) is 12.1 Å². The monoisotopic (exact) mass is 282 g/mol. The lowest BCUT2D eigenvalue weighted by atomic mass is 10.2. The first-order valence-electron chi connectivity index (χ1n) is 6.78. The molecule has 104 valence electrons. The number of hydrogen-bond acceptors (Lipinski definition) is 4. The summed E-state index contributed by atoms with van der Waals surface area (Å²) >= 11 is 6.29. The summed E-state index contributed by atoms with van der Waals surface area (Å²) in [6.07, 6.45) is 1.96. The largest absolute Gasteiger partial charge is 0.489 e. The van der Waals surface area contributed by atoms with E-state index < -0.39 is 0 Å². The first-order chi connectivity index (χ1) is 9.22. The van der Waals surface area contributed by atoms with Gasteiger partial charge in [-0.3, -0.25) is 4.90 Å². The highest BCUT2D eigenvalue weighted by atomic mass is 35.5. The first-order valence-corrected chi connectivity index (χ1v) is 7.16. The topological polar surface area (TPSA) is 47.7 Å². The standard InChI is InChI=1S/C14H19ClN2O2/c15-12-6-10(8-17-3-2-11(16)9-17)7-13-14(12)19-5-1-4-18-13/h6-7,11H,1-5,8-9,16H2. The second-order valence-electron chi connectivity index (χ2n) is 5.24. The number of likely N-dealkylation sites (tertiary alicyclic amines) is 1. The van der Waals surface area contributed by atoms with Crippen LogP contribution in [0.1, 0.15) is 18.4 Å². The fourth-order valence-electron chi connectivity index (χ4n) is 2.64. The van der Waals surface area contributed by atoms with E-state index in [1.54, 1.807) is 0 Å². The molecule has 0 saturated carbocycles. The van der Waals surface area contributed by atoms with Crippen LogP contribution in [0.4, 0.5) is 0 Å². The van der Waals surface area contributed by atoms with Crippen LogP contribution >= 0.6 is 11.6 Å². The van der Waals surface area contributed by atoms with Crippen LogP contribution < -0.4 is 15.2 Å². The molecule has 0 amide bonds. The van der Waals surface area contributed by atoms with Gasteiger partial charge in [-0.15, -0.1) is 0 Å². The third-order valence-electron chi connectivity index (χ3n) is 3.58. The van der Waals surface area contributed by atoms with Gasteiger partial charge in [-0.2, -0.15) is 0 Å². The molecular weight excluding hydrogens is 264 g/mol. The molecule has 0 radical (unpaired) electrons. The molecule has 1 saturated heterocycles. The first kappa shape index (κ1) is 13.0. The van der Waals surface area contributed by atoms with Crippen LogP contribution in [0.25, 0.3) is 0 Å². The molecule has 3 rings (SSSR count). The minimum absolute atomic E-state index is 0.302. The maximum Gasteiger partial charge on any atom is 0.179 e. The Morgan fingerprint density at radius 1 is 1.32 bits per heavy atom. The van der Waals surface area contributed by atoms with E-state index in [2.05, 4.69) is 4.90 Å². The molecule has 2 N–H and O–H groups in total. The van der Waals surface area contributed by atoms with Gasteiger partial charge in [0.25, 0.3) is 0 Å². The summed E-state index contributed by atoms with van der Waals surface area (Å²) in [5, 5.41) is 0.637. The van der Waals surface area contributed by atoms with Crippen LogP contribution in [0.2, 0.25) is 5.02 Å². The van der Waals surface area contributed by atoms with Gasteiger partial charge in [-0.05, 0) is 24.1 Å². The highest BCUT2D eigenvalue weighted by molar-refractivity contribution is 6.32. The van der Waals surface area contributed by atoms with Crippen LogP contribution in [-0.4, -0.2) is 37.2 Å². The molecule has 0 aromatic heterocycles. The second-order valence-corrected chi connectivity index (χ2v) is 5.65. The highest BCUT2D eigenvalue weighted by Crippen LogP contribution is 2.38. The predicted molar refractivity (Wildman–Crippen MR) is 74.9 cm³/mol. The zero-order chi connectivity index (χ0) is 13.2. The molecular formula is C14H19ClN2O2. The van der Waals surface area contributed by atoms with Crippen LogP contribution in [0, 0.1) is 0 Å². The lowest BCUT2D eigenvalue weighted by Crippen LogP contribution is -2.26. The molecule has 1 unspecified atom stereocenters. The zero-order valence-electron chi connectivity index (χ0n) is 10.9. The van der Waals surface area contributed by atoms with Crippen LogP contribution in [-0.2, 0) is 6.54 Å². The third-order valence-corrected chi connectivity index (χ3v) is 3.86. The number of nitrogens with two attached hydrogens (primary N) is 1. The van der Waals surface area contributed by atoms with Crippen molar-refractivity contribution in [1.29, 1.82) is 0 Å². The average Bonchev–Trinajstić information content (AvgIpc) is 2.64. The van der Waals surface area contributed by atoms with Crippen molar-refractivity contribution >= 4 is 11.6 Å². The quantitative estimate of drug-likeness (QED) is 0.902. The molecule has 1 atom stereocenters. The van der Waals surface area contributed by atoms with Crippen LogP contribution in [0.15, 0.2) is 12.1 Å². The predicted octanol–water partition coefficient (Wildman–Crippen LogP) is 2.03. The SMILES string of the molecule is NC1CCN(Cc2cc(Cl)c3c(c2)OCCCO3)C1. The van der Waals surface area contributed by atoms with E-state index in [4.69, 9.17) is 26.8 Å². The number of ether oxygens (including phenoxy) is 2. The summed E-state index contributed by atoms with van der Waals surface area (Å²) < 4.78 is 11.3. The number of hydrogen-bond donors (Lipinski definition) is 1. The summed E-state index contributed by atoms with van der Waals surface area (Å²) in [6, 6.07) is 4.31. The maximum absolute atomic E-state index is 6.29. The van der Waals surface area contributed by atoms with Gasteiger partial charge in [0, 0.05) is 32.1 Å². The number of rotatable bonds is 2. The Labute approximate surface area is 118 Å². The molecule has 1 aromatic rings. The Balaban J connectivity index is 1.79. The van der Waals surface area contributed by atoms with E-state index in [9.17, 15) is 0 Å². The summed E-state index contributed by atoms with van der Waals surface area (Å²) in [5.74, 6) is 1.45. The molecule has 1 aromatic carbocycles. The Hall–Kier alpha value is -0.970. The van der Waals surface area contributed by atoms with E-state index in [0.29, 0.717) is 30.0 Å². The number of nitrogens with zero attached hydrogens (tertiary/aromatic N) is 1. The van der Waals surface area contributed by atoms with Gasteiger partial charge < -0.3 is 15.2 Å². The molecule has 2 aliphatic heterocycles. The Bertz CT molecular complexity index is 467. The summed E-state index contributed by atoms with van der Waals surface area (Å²) in [5.41, 5.74) is 7.08. The molecule has 5 heteroatoms. The molecule has 19 heavy (non-hydrogen) atoms. The number of halogens is 1. The molecule has 0 spiro atoms. The minimum atomic E-state index is 0.302. The molecule has 4 nitrogen and oxygen atoms in total. The van der Waals surface area contributed by atoms with Gasteiger partial charge in [0.05, 0.1) is 18.2 Å². The lowest BCUT2D eigenvalue weighted by Gasteiger charge is -2.17. The average molecular weight is 283 g/mol. The van der Waals surface area contributed by atoms with Crippen LogP contribution in [0.5, 0.6) is 11.5 Å². The van der Waals surface area contributed by atoms with Gasteiger partial charge in [0.1, 0.15) is 0 Å². The van der Waals surface area contributed by atoms with Crippen molar-refractivity contribution in [1.82, 2.24) is 4.90 Å². The number of fused-ring (bicyclic) bond motifs is 1. The normalized spacial score (nSPS) is 23.4. The fourth-order valence-corrected chi connectivity index (χ4v) is 2.93. The summed E-state index contributed by atoms with van der Waals surface area (Å²) in [7, 11) is 0. The minimum Gasteiger partial charge on any atom is -0.489 e. The fraction of sp³-hybridized carbons (Fsp3) is 0.571. The van der Waals surface area contributed by atoms with Crippen molar-refractivity contribution in [2.24, 2.45) is 5.73 Å². The van der Waals surface area contributed by atoms with Gasteiger partial charge in [-0.1, -0.05) is 11.6 Å². The number of benzene rings is 1. The summed E-state index contributed by atoms with van der Waals surface area (Å²) in [6.45, 7) is 4.21. The van der Waals surface area contributed by atoms with Gasteiger partial charge >= 0.3 is 0 Å². The molecule has 1 fully saturated rings. The zero-order valence-corrected chi connectivity index (χ0v) is 11.7. The van der Waals surface area contributed by atoms with Crippen LogP contribution in [0.3, 0.4) is 0 Å². The highest BCUT2D eigenvalue weighted by Gasteiger charge is 2.21. The van der Waals surface area contributed by atoms with Crippen molar-refractivity contribution in [3.8, 4) is 11.5 Å². The van der Waals surface area contributed by atoms with Gasteiger partial charge in [0.2, 0.25) is 0 Å². The second kappa shape index (κ2) is 5.57. The van der Waals surface area contributed by atoms with Crippen molar-refractivity contribution in [2.75, 3.05) is 26.3 Å². The van der Waals surface area contributed by atoms with E-state index in [-0.39, 0.29) is 0 Å². The van der Waals surface area contributed by atoms with Crippen molar-refractivity contribution in [3.63, 3.8) is 0 Å². The molecule has 2 heterocycles. The van der Waals surface area contributed by atoms with E-state index in [0.717, 1.165) is 43.8 Å². The molecule has 0 bridgehead atoms. The smallest absolute Gasteiger partial charge is 0.179 e. The maximum atomic E-state index is 6.29. The summed E-state index contributed by atoms with van der Waals surface area (Å²) in [4.78, 5) is 2.35. The van der Waals surface area contributed by atoms with Crippen molar-refractivity contribution < 1.29 is 9.47 Å². The molecule has 2 aliphatic rings. The van der Waals surface area contributed by atoms with Gasteiger partial charge in [-0.25, -0.2) is 0 Å².